The quantitative estimate of drug-likeness (QED) is 0.926. The highest BCUT2D eigenvalue weighted by Crippen LogP contribution is 2.21. The lowest BCUT2D eigenvalue weighted by atomic mass is 9.98. The highest BCUT2D eigenvalue weighted by atomic mass is 16.6. The maximum Gasteiger partial charge on any atom is 0.410 e. The first-order valence-corrected chi connectivity index (χ1v) is 8.02. The van der Waals surface area contributed by atoms with Crippen molar-refractivity contribution in [3.8, 4) is 6.07 Å². The van der Waals surface area contributed by atoms with E-state index in [1.165, 1.54) is 0 Å². The summed E-state index contributed by atoms with van der Waals surface area (Å²) >= 11 is 0. The van der Waals surface area contributed by atoms with Crippen molar-refractivity contribution in [2.75, 3.05) is 6.54 Å². The largest absolute Gasteiger partial charge is 0.449 e. The summed E-state index contributed by atoms with van der Waals surface area (Å²) in [7, 11) is 0. The number of nitriles is 1. The van der Waals surface area contributed by atoms with Gasteiger partial charge in [-0.3, -0.25) is 0 Å². The Kier molecular flexibility index (Phi) is 5.32. The third-order valence-electron chi connectivity index (χ3n) is 3.93. The number of ether oxygens (including phenoxy) is 1. The number of rotatable bonds is 3. The Morgan fingerprint density at radius 3 is 2.87 bits per heavy atom. The molecule has 1 aliphatic heterocycles. The van der Waals surface area contributed by atoms with Gasteiger partial charge in [0.05, 0.1) is 6.54 Å². The first-order valence-electron chi connectivity index (χ1n) is 8.02. The molecule has 126 valence electrons. The van der Waals surface area contributed by atoms with Gasteiger partial charge in [-0.1, -0.05) is 0 Å². The summed E-state index contributed by atoms with van der Waals surface area (Å²) < 4.78 is 10.9. The molecule has 1 aromatic heterocycles. The molecular formula is C17H25N3O3. The molecule has 1 N–H and O–H groups in total. The first-order chi connectivity index (χ1) is 10.8. The van der Waals surface area contributed by atoms with Gasteiger partial charge in [0.25, 0.3) is 0 Å². The summed E-state index contributed by atoms with van der Waals surface area (Å²) in [5.41, 5.74) is -0.487. The predicted molar refractivity (Wildman–Crippen MR) is 85.7 cm³/mol. The van der Waals surface area contributed by atoms with Gasteiger partial charge in [0.2, 0.25) is 5.76 Å². The number of piperidine rings is 1. The SMILES string of the molecule is CC1C(NCc2ccc(C#N)o2)CCCN1C(=O)OC(C)(C)C. The van der Waals surface area contributed by atoms with Crippen molar-refractivity contribution in [3.05, 3.63) is 23.7 Å². The minimum atomic E-state index is -0.487. The van der Waals surface area contributed by atoms with E-state index in [0.29, 0.717) is 18.8 Å². The monoisotopic (exact) mass is 319 g/mol. The number of nitrogens with one attached hydrogen (secondary N) is 1. The zero-order valence-corrected chi connectivity index (χ0v) is 14.3. The van der Waals surface area contributed by atoms with E-state index in [-0.39, 0.29) is 18.2 Å². The van der Waals surface area contributed by atoms with Crippen LogP contribution in [0.5, 0.6) is 0 Å². The molecule has 6 nitrogen and oxygen atoms in total. The second kappa shape index (κ2) is 7.05. The highest BCUT2D eigenvalue weighted by Gasteiger charge is 2.33. The Labute approximate surface area is 137 Å². The van der Waals surface area contributed by atoms with Crippen molar-refractivity contribution in [1.82, 2.24) is 10.2 Å². The van der Waals surface area contributed by atoms with Gasteiger partial charge >= 0.3 is 6.09 Å². The molecular weight excluding hydrogens is 294 g/mol. The molecule has 0 spiro atoms. The van der Waals surface area contributed by atoms with Crippen molar-refractivity contribution < 1.29 is 13.9 Å². The summed E-state index contributed by atoms with van der Waals surface area (Å²) in [6, 6.07) is 5.65. The van der Waals surface area contributed by atoms with Crippen LogP contribution in [0.3, 0.4) is 0 Å². The Morgan fingerprint density at radius 2 is 2.26 bits per heavy atom. The lowest BCUT2D eigenvalue weighted by Gasteiger charge is -2.40. The fraction of sp³-hybridized carbons (Fsp3) is 0.647. The smallest absolute Gasteiger partial charge is 0.410 e. The van der Waals surface area contributed by atoms with Crippen LogP contribution in [-0.2, 0) is 11.3 Å². The van der Waals surface area contributed by atoms with Crippen LogP contribution in [0.4, 0.5) is 4.79 Å². The van der Waals surface area contributed by atoms with Crippen LogP contribution in [0, 0.1) is 11.3 Å². The molecule has 6 heteroatoms. The standard InChI is InChI=1S/C17H25N3O3/c1-12-15(19-11-14-8-7-13(10-18)22-14)6-5-9-20(12)16(21)23-17(2,3)4/h7-8,12,15,19H,5-6,9,11H2,1-4H3. The van der Waals surface area contributed by atoms with Gasteiger partial charge in [-0.25, -0.2) is 4.79 Å². The molecule has 0 aromatic carbocycles. The minimum Gasteiger partial charge on any atom is -0.449 e. The second-order valence-electron chi connectivity index (χ2n) is 6.92. The van der Waals surface area contributed by atoms with Crippen molar-refractivity contribution in [2.24, 2.45) is 0 Å². The van der Waals surface area contributed by atoms with Gasteiger partial charge in [-0.2, -0.15) is 5.26 Å². The van der Waals surface area contributed by atoms with E-state index in [4.69, 9.17) is 14.4 Å². The van der Waals surface area contributed by atoms with Gasteiger partial charge in [-0.05, 0) is 52.7 Å². The minimum absolute atomic E-state index is 0.0454. The zero-order valence-electron chi connectivity index (χ0n) is 14.3. The fourth-order valence-electron chi connectivity index (χ4n) is 2.76. The molecule has 23 heavy (non-hydrogen) atoms. The molecule has 2 rings (SSSR count). The van der Waals surface area contributed by atoms with Crippen LogP contribution in [0.2, 0.25) is 0 Å². The summed E-state index contributed by atoms with van der Waals surface area (Å²) in [6.45, 7) is 8.91. The van der Waals surface area contributed by atoms with Gasteiger partial charge in [0.15, 0.2) is 0 Å². The van der Waals surface area contributed by atoms with Crippen molar-refractivity contribution in [3.63, 3.8) is 0 Å². The van der Waals surface area contributed by atoms with Crippen molar-refractivity contribution >= 4 is 6.09 Å². The van der Waals surface area contributed by atoms with E-state index in [9.17, 15) is 4.79 Å². The van der Waals surface area contributed by atoms with E-state index in [2.05, 4.69) is 5.32 Å². The molecule has 1 aromatic rings. The van der Waals surface area contributed by atoms with Crippen LogP contribution < -0.4 is 5.32 Å². The van der Waals surface area contributed by atoms with Crippen LogP contribution in [0.1, 0.15) is 52.1 Å². The third kappa shape index (κ3) is 4.73. The van der Waals surface area contributed by atoms with Crippen molar-refractivity contribution in [1.29, 1.82) is 5.26 Å². The molecule has 2 atom stereocenters. The van der Waals surface area contributed by atoms with E-state index in [0.717, 1.165) is 18.6 Å². The average Bonchev–Trinajstić information content (AvgIpc) is 2.92. The third-order valence-corrected chi connectivity index (χ3v) is 3.93. The number of furan rings is 1. The van der Waals surface area contributed by atoms with Crippen LogP contribution in [0.15, 0.2) is 16.5 Å². The number of carbonyl (C=O) groups is 1. The summed E-state index contributed by atoms with van der Waals surface area (Å²) in [4.78, 5) is 14.1. The maximum atomic E-state index is 12.3. The zero-order chi connectivity index (χ0) is 17.0. The van der Waals surface area contributed by atoms with Crippen LogP contribution >= 0.6 is 0 Å². The lowest BCUT2D eigenvalue weighted by Crippen LogP contribution is -2.55. The Balaban J connectivity index is 1.92. The number of amides is 1. The average molecular weight is 319 g/mol. The van der Waals surface area contributed by atoms with Gasteiger partial charge in [0, 0.05) is 18.6 Å². The van der Waals surface area contributed by atoms with Gasteiger partial charge in [0.1, 0.15) is 17.4 Å². The number of carbonyl (C=O) groups excluding carboxylic acids is 1. The first kappa shape index (κ1) is 17.4. The molecule has 1 saturated heterocycles. The molecule has 2 heterocycles. The topological polar surface area (TPSA) is 78.5 Å². The number of hydrogen-bond acceptors (Lipinski definition) is 5. The predicted octanol–water partition coefficient (Wildman–Crippen LogP) is 3.03. The lowest BCUT2D eigenvalue weighted by molar-refractivity contribution is 0.00690. The van der Waals surface area contributed by atoms with Gasteiger partial charge in [-0.15, -0.1) is 0 Å². The Bertz CT molecular complexity index is 583. The van der Waals surface area contributed by atoms with E-state index in [1.807, 2.05) is 33.8 Å². The van der Waals surface area contributed by atoms with E-state index >= 15 is 0 Å². The number of likely N-dealkylation sites (tertiary alicyclic amines) is 1. The molecule has 0 aliphatic carbocycles. The van der Waals surface area contributed by atoms with E-state index < -0.39 is 5.60 Å². The molecule has 1 aliphatic rings. The Hall–Kier alpha value is -2.00. The Morgan fingerprint density at radius 1 is 1.52 bits per heavy atom. The molecule has 1 amide bonds. The molecule has 0 saturated carbocycles. The highest BCUT2D eigenvalue weighted by molar-refractivity contribution is 5.68. The molecule has 2 unspecified atom stereocenters. The van der Waals surface area contributed by atoms with Gasteiger partial charge < -0.3 is 19.4 Å². The van der Waals surface area contributed by atoms with Crippen LogP contribution in [0.25, 0.3) is 0 Å². The van der Waals surface area contributed by atoms with Crippen LogP contribution in [-0.4, -0.2) is 35.2 Å². The number of hydrogen-bond donors (Lipinski definition) is 1. The molecule has 0 bridgehead atoms. The summed E-state index contributed by atoms with van der Waals surface area (Å²) in [5, 5.41) is 12.2. The second-order valence-corrected chi connectivity index (χ2v) is 6.92. The summed E-state index contributed by atoms with van der Waals surface area (Å²) in [6.07, 6.45) is 1.66. The normalized spacial score (nSPS) is 21.8. The van der Waals surface area contributed by atoms with Crippen molar-refractivity contribution in [2.45, 2.75) is 64.8 Å². The summed E-state index contributed by atoms with van der Waals surface area (Å²) in [5.74, 6) is 1.04. The maximum absolute atomic E-state index is 12.3. The number of nitrogens with zero attached hydrogens (tertiary/aromatic N) is 2. The fourth-order valence-corrected chi connectivity index (χ4v) is 2.76. The van der Waals surface area contributed by atoms with E-state index in [1.54, 1.807) is 17.0 Å². The molecule has 0 radical (unpaired) electrons. The molecule has 1 fully saturated rings.